The fourth-order valence-electron chi connectivity index (χ4n) is 1.20. The zero-order valence-electron chi connectivity index (χ0n) is 7.95. The standard InChI is InChI=1S/C8H11BrN2O3/c1-5-6(7(12)13)11(3-4-14-2)8(9)10-5/h3-4H2,1-2H3,(H,12,13). The lowest BCUT2D eigenvalue weighted by Crippen LogP contribution is -2.12. The number of rotatable bonds is 4. The number of halogens is 1. The van der Waals surface area contributed by atoms with E-state index in [9.17, 15) is 4.79 Å². The maximum atomic E-state index is 10.9. The van der Waals surface area contributed by atoms with Crippen molar-refractivity contribution < 1.29 is 14.6 Å². The normalized spacial score (nSPS) is 10.5. The van der Waals surface area contributed by atoms with Crippen molar-refractivity contribution in [2.24, 2.45) is 0 Å². The van der Waals surface area contributed by atoms with Gasteiger partial charge in [-0.25, -0.2) is 9.78 Å². The van der Waals surface area contributed by atoms with Crippen LogP contribution in [0, 0.1) is 6.92 Å². The summed E-state index contributed by atoms with van der Waals surface area (Å²) in [5, 5.41) is 8.94. The molecule has 1 aromatic rings. The van der Waals surface area contributed by atoms with E-state index in [0.717, 1.165) is 0 Å². The Bertz CT molecular complexity index is 349. The van der Waals surface area contributed by atoms with Gasteiger partial charge >= 0.3 is 5.97 Å². The van der Waals surface area contributed by atoms with E-state index in [0.29, 0.717) is 23.6 Å². The highest BCUT2D eigenvalue weighted by Gasteiger charge is 2.18. The average Bonchev–Trinajstić information content (AvgIpc) is 2.37. The molecule has 0 bridgehead atoms. The monoisotopic (exact) mass is 262 g/mol. The Morgan fingerprint density at radius 2 is 2.36 bits per heavy atom. The summed E-state index contributed by atoms with van der Waals surface area (Å²) in [6.45, 7) is 2.59. The Hall–Kier alpha value is -0.880. The molecule has 0 aromatic carbocycles. The Morgan fingerprint density at radius 1 is 1.71 bits per heavy atom. The molecule has 1 heterocycles. The molecular formula is C8H11BrN2O3. The van der Waals surface area contributed by atoms with Gasteiger partial charge < -0.3 is 14.4 Å². The van der Waals surface area contributed by atoms with Gasteiger partial charge in [0, 0.05) is 13.7 Å². The Labute approximate surface area is 89.8 Å². The van der Waals surface area contributed by atoms with Crippen LogP contribution in [-0.2, 0) is 11.3 Å². The zero-order valence-corrected chi connectivity index (χ0v) is 9.54. The summed E-state index contributed by atoms with van der Waals surface area (Å²) in [5.41, 5.74) is 0.703. The summed E-state index contributed by atoms with van der Waals surface area (Å²) in [7, 11) is 1.57. The summed E-state index contributed by atoms with van der Waals surface area (Å²) in [6.07, 6.45) is 0. The first kappa shape index (κ1) is 11.2. The van der Waals surface area contributed by atoms with Crippen LogP contribution < -0.4 is 0 Å². The van der Waals surface area contributed by atoms with E-state index in [-0.39, 0.29) is 5.69 Å². The molecule has 0 saturated heterocycles. The van der Waals surface area contributed by atoms with Gasteiger partial charge in [0.1, 0.15) is 0 Å². The minimum atomic E-state index is -0.975. The molecule has 0 fully saturated rings. The first-order valence-corrected chi connectivity index (χ1v) is 4.82. The number of imidazole rings is 1. The molecule has 0 saturated carbocycles. The molecule has 14 heavy (non-hydrogen) atoms. The maximum Gasteiger partial charge on any atom is 0.354 e. The van der Waals surface area contributed by atoms with E-state index in [4.69, 9.17) is 9.84 Å². The van der Waals surface area contributed by atoms with E-state index in [1.807, 2.05) is 0 Å². The average molecular weight is 263 g/mol. The van der Waals surface area contributed by atoms with Gasteiger partial charge in [-0.15, -0.1) is 0 Å². The molecule has 0 unspecified atom stereocenters. The molecule has 0 aliphatic rings. The maximum absolute atomic E-state index is 10.9. The van der Waals surface area contributed by atoms with Crippen molar-refractivity contribution in [3.8, 4) is 0 Å². The quantitative estimate of drug-likeness (QED) is 0.889. The van der Waals surface area contributed by atoms with Crippen molar-refractivity contribution in [1.29, 1.82) is 0 Å². The summed E-state index contributed by atoms with van der Waals surface area (Å²) in [4.78, 5) is 14.9. The van der Waals surface area contributed by atoms with Gasteiger partial charge in [-0.05, 0) is 22.9 Å². The number of aromatic nitrogens is 2. The third-order valence-corrected chi connectivity index (χ3v) is 2.42. The molecule has 0 spiro atoms. The van der Waals surface area contributed by atoms with Crippen LogP contribution in [0.15, 0.2) is 4.73 Å². The summed E-state index contributed by atoms with van der Waals surface area (Å²) >= 11 is 3.20. The lowest BCUT2D eigenvalue weighted by Gasteiger charge is -2.05. The molecule has 1 rings (SSSR count). The lowest BCUT2D eigenvalue weighted by molar-refractivity contribution is 0.0681. The summed E-state index contributed by atoms with van der Waals surface area (Å²) in [5.74, 6) is -0.975. The molecule has 0 aliphatic carbocycles. The molecule has 78 valence electrons. The van der Waals surface area contributed by atoms with Crippen LogP contribution in [-0.4, -0.2) is 34.3 Å². The number of aromatic carboxylic acids is 1. The second kappa shape index (κ2) is 4.56. The summed E-state index contributed by atoms with van der Waals surface area (Å²) < 4.78 is 6.97. The topological polar surface area (TPSA) is 64.4 Å². The Morgan fingerprint density at radius 3 is 2.86 bits per heavy atom. The van der Waals surface area contributed by atoms with E-state index in [1.54, 1.807) is 18.6 Å². The Balaban J connectivity index is 3.05. The number of hydrogen-bond acceptors (Lipinski definition) is 3. The number of aryl methyl sites for hydroxylation is 1. The highest BCUT2D eigenvalue weighted by atomic mass is 79.9. The number of methoxy groups -OCH3 is 1. The predicted octanol–water partition coefficient (Wildman–Crippen LogP) is 1.30. The van der Waals surface area contributed by atoms with Crippen LogP contribution in [0.2, 0.25) is 0 Å². The van der Waals surface area contributed by atoms with E-state index >= 15 is 0 Å². The first-order chi connectivity index (χ1) is 6.57. The minimum absolute atomic E-state index is 0.203. The van der Waals surface area contributed by atoms with Gasteiger partial charge in [0.15, 0.2) is 10.4 Å². The van der Waals surface area contributed by atoms with Crippen LogP contribution in [0.5, 0.6) is 0 Å². The SMILES string of the molecule is COCCn1c(Br)nc(C)c1C(=O)O. The molecule has 1 N–H and O–H groups in total. The van der Waals surface area contributed by atoms with Crippen molar-refractivity contribution in [3.63, 3.8) is 0 Å². The van der Waals surface area contributed by atoms with Crippen LogP contribution >= 0.6 is 15.9 Å². The molecule has 0 aliphatic heterocycles. The number of ether oxygens (including phenoxy) is 1. The second-order valence-corrected chi connectivity index (χ2v) is 3.47. The number of carboxylic acids is 1. The third kappa shape index (κ3) is 2.13. The van der Waals surface area contributed by atoms with Crippen LogP contribution in [0.25, 0.3) is 0 Å². The van der Waals surface area contributed by atoms with Crippen molar-refractivity contribution >= 4 is 21.9 Å². The molecule has 0 amide bonds. The van der Waals surface area contributed by atoms with Gasteiger partial charge in [0.2, 0.25) is 0 Å². The van der Waals surface area contributed by atoms with Gasteiger partial charge in [-0.2, -0.15) is 0 Å². The lowest BCUT2D eigenvalue weighted by atomic mass is 10.3. The molecule has 1 aromatic heterocycles. The fraction of sp³-hybridized carbons (Fsp3) is 0.500. The number of nitrogens with zero attached hydrogens (tertiary/aromatic N) is 2. The second-order valence-electron chi connectivity index (χ2n) is 2.76. The van der Waals surface area contributed by atoms with Crippen molar-refractivity contribution in [3.05, 3.63) is 16.1 Å². The molecule has 0 atom stereocenters. The smallest absolute Gasteiger partial charge is 0.354 e. The Kier molecular flexibility index (Phi) is 3.65. The number of carboxylic acid groups (broad SMARTS) is 1. The number of carbonyl (C=O) groups is 1. The molecule has 0 radical (unpaired) electrons. The highest BCUT2D eigenvalue weighted by Crippen LogP contribution is 2.16. The van der Waals surface area contributed by atoms with Gasteiger partial charge in [-0.1, -0.05) is 0 Å². The van der Waals surface area contributed by atoms with Crippen LogP contribution in [0.1, 0.15) is 16.2 Å². The molecule has 5 nitrogen and oxygen atoms in total. The van der Waals surface area contributed by atoms with Crippen LogP contribution in [0.3, 0.4) is 0 Å². The molecular weight excluding hydrogens is 252 g/mol. The van der Waals surface area contributed by atoms with Crippen molar-refractivity contribution in [2.75, 3.05) is 13.7 Å². The van der Waals surface area contributed by atoms with E-state index in [1.165, 1.54) is 0 Å². The highest BCUT2D eigenvalue weighted by molar-refractivity contribution is 9.10. The van der Waals surface area contributed by atoms with E-state index < -0.39 is 5.97 Å². The fourth-order valence-corrected chi connectivity index (χ4v) is 1.82. The molecule has 6 heteroatoms. The van der Waals surface area contributed by atoms with Crippen molar-refractivity contribution in [2.45, 2.75) is 13.5 Å². The zero-order chi connectivity index (χ0) is 10.7. The number of hydrogen-bond donors (Lipinski definition) is 1. The third-order valence-electron chi connectivity index (χ3n) is 1.82. The largest absolute Gasteiger partial charge is 0.477 e. The minimum Gasteiger partial charge on any atom is -0.477 e. The van der Waals surface area contributed by atoms with E-state index in [2.05, 4.69) is 20.9 Å². The van der Waals surface area contributed by atoms with Gasteiger partial charge in [-0.3, -0.25) is 0 Å². The summed E-state index contributed by atoms with van der Waals surface area (Å²) in [6, 6.07) is 0. The van der Waals surface area contributed by atoms with Crippen molar-refractivity contribution in [1.82, 2.24) is 9.55 Å². The first-order valence-electron chi connectivity index (χ1n) is 4.02. The predicted molar refractivity (Wildman–Crippen MR) is 53.5 cm³/mol. The van der Waals surface area contributed by atoms with Gasteiger partial charge in [0.25, 0.3) is 0 Å². The van der Waals surface area contributed by atoms with Crippen LogP contribution in [0.4, 0.5) is 0 Å². The van der Waals surface area contributed by atoms with Gasteiger partial charge in [0.05, 0.1) is 12.3 Å².